The van der Waals surface area contributed by atoms with Gasteiger partial charge in [0.25, 0.3) is 0 Å². The van der Waals surface area contributed by atoms with E-state index in [2.05, 4.69) is 10.0 Å². The van der Waals surface area contributed by atoms with Crippen LogP contribution in [0.25, 0.3) is 0 Å². The highest BCUT2D eigenvalue weighted by Crippen LogP contribution is 2.28. The normalized spacial score (nSPS) is 13.1. The standard InChI is InChI=1S/C11H17ClN2O3S/c1-8(7-13-2)18(15,16)14-10-6-9(12)4-5-11(10)17-3/h4-6,8,13-14H,7H2,1-3H3. The van der Waals surface area contributed by atoms with E-state index in [0.29, 0.717) is 23.0 Å². The Labute approximate surface area is 113 Å². The minimum atomic E-state index is -3.48. The fourth-order valence-electron chi connectivity index (χ4n) is 1.41. The Balaban J connectivity index is 3.00. The highest BCUT2D eigenvalue weighted by Gasteiger charge is 2.21. The van der Waals surface area contributed by atoms with E-state index in [-0.39, 0.29) is 0 Å². The number of hydrogen-bond acceptors (Lipinski definition) is 4. The van der Waals surface area contributed by atoms with Gasteiger partial charge in [-0.1, -0.05) is 11.6 Å². The number of anilines is 1. The van der Waals surface area contributed by atoms with Crippen molar-refractivity contribution in [3.63, 3.8) is 0 Å². The summed E-state index contributed by atoms with van der Waals surface area (Å²) in [6, 6.07) is 4.77. The second-order valence-electron chi connectivity index (χ2n) is 3.86. The third kappa shape index (κ3) is 3.76. The van der Waals surface area contributed by atoms with Gasteiger partial charge in [0, 0.05) is 11.6 Å². The van der Waals surface area contributed by atoms with Crippen LogP contribution in [-0.2, 0) is 10.0 Å². The molecule has 7 heteroatoms. The van der Waals surface area contributed by atoms with Crippen LogP contribution in [0.3, 0.4) is 0 Å². The molecule has 0 bridgehead atoms. The third-order valence-electron chi connectivity index (χ3n) is 2.44. The molecule has 0 radical (unpaired) electrons. The minimum Gasteiger partial charge on any atom is -0.495 e. The maximum Gasteiger partial charge on any atom is 0.236 e. The van der Waals surface area contributed by atoms with Crippen molar-refractivity contribution in [3.8, 4) is 5.75 Å². The summed E-state index contributed by atoms with van der Waals surface area (Å²) in [5.41, 5.74) is 0.341. The van der Waals surface area contributed by atoms with E-state index in [9.17, 15) is 8.42 Å². The topological polar surface area (TPSA) is 67.4 Å². The Morgan fingerprint density at radius 2 is 2.11 bits per heavy atom. The van der Waals surface area contributed by atoms with Gasteiger partial charge in [-0.15, -0.1) is 0 Å². The molecule has 0 saturated carbocycles. The van der Waals surface area contributed by atoms with Crippen LogP contribution in [0.4, 0.5) is 5.69 Å². The maximum absolute atomic E-state index is 12.0. The molecular weight excluding hydrogens is 276 g/mol. The number of hydrogen-bond donors (Lipinski definition) is 2. The SMILES string of the molecule is CNCC(C)S(=O)(=O)Nc1cc(Cl)ccc1OC. The fraction of sp³-hybridized carbons (Fsp3) is 0.455. The molecule has 1 aromatic rings. The Hall–Kier alpha value is -0.980. The average molecular weight is 293 g/mol. The predicted octanol–water partition coefficient (Wildman–Crippen LogP) is 1.70. The van der Waals surface area contributed by atoms with E-state index in [1.807, 2.05) is 0 Å². The zero-order valence-corrected chi connectivity index (χ0v) is 12.1. The molecule has 0 fully saturated rings. The van der Waals surface area contributed by atoms with Crippen LogP contribution in [-0.4, -0.2) is 34.4 Å². The van der Waals surface area contributed by atoms with Crippen molar-refractivity contribution in [2.45, 2.75) is 12.2 Å². The molecule has 0 heterocycles. The van der Waals surface area contributed by atoms with Crippen molar-refractivity contribution in [2.75, 3.05) is 25.4 Å². The lowest BCUT2D eigenvalue weighted by atomic mass is 10.3. The largest absolute Gasteiger partial charge is 0.495 e. The summed E-state index contributed by atoms with van der Waals surface area (Å²) < 4.78 is 31.6. The average Bonchev–Trinajstić information content (AvgIpc) is 2.29. The van der Waals surface area contributed by atoms with Gasteiger partial charge in [-0.05, 0) is 32.2 Å². The molecule has 5 nitrogen and oxygen atoms in total. The summed E-state index contributed by atoms with van der Waals surface area (Å²) in [6.45, 7) is 1.98. The molecule has 0 amide bonds. The second kappa shape index (κ2) is 6.26. The van der Waals surface area contributed by atoms with Gasteiger partial charge in [0.15, 0.2) is 0 Å². The number of rotatable bonds is 6. The maximum atomic E-state index is 12.0. The van der Waals surface area contributed by atoms with E-state index in [1.165, 1.54) is 13.2 Å². The van der Waals surface area contributed by atoms with Crippen molar-refractivity contribution in [1.82, 2.24) is 5.32 Å². The molecule has 1 aromatic carbocycles. The van der Waals surface area contributed by atoms with Gasteiger partial charge >= 0.3 is 0 Å². The lowest BCUT2D eigenvalue weighted by Gasteiger charge is -2.16. The van der Waals surface area contributed by atoms with Crippen LogP contribution in [0, 0.1) is 0 Å². The summed E-state index contributed by atoms with van der Waals surface area (Å²) in [5.74, 6) is 0.430. The summed E-state index contributed by atoms with van der Waals surface area (Å²) in [4.78, 5) is 0. The lowest BCUT2D eigenvalue weighted by Crippen LogP contribution is -2.33. The van der Waals surface area contributed by atoms with Crippen LogP contribution >= 0.6 is 11.6 Å². The first kappa shape index (κ1) is 15.1. The van der Waals surface area contributed by atoms with Gasteiger partial charge in [0.1, 0.15) is 5.75 Å². The molecule has 0 aromatic heterocycles. The van der Waals surface area contributed by atoms with E-state index in [0.717, 1.165) is 0 Å². The van der Waals surface area contributed by atoms with Crippen molar-refractivity contribution < 1.29 is 13.2 Å². The van der Waals surface area contributed by atoms with Gasteiger partial charge in [-0.25, -0.2) is 8.42 Å². The molecule has 102 valence electrons. The van der Waals surface area contributed by atoms with Crippen LogP contribution in [0.15, 0.2) is 18.2 Å². The zero-order chi connectivity index (χ0) is 13.8. The fourth-order valence-corrected chi connectivity index (χ4v) is 2.64. The Morgan fingerprint density at radius 3 is 2.67 bits per heavy atom. The molecule has 1 atom stereocenters. The highest BCUT2D eigenvalue weighted by molar-refractivity contribution is 7.93. The van der Waals surface area contributed by atoms with Crippen LogP contribution in [0.1, 0.15) is 6.92 Å². The van der Waals surface area contributed by atoms with Gasteiger partial charge < -0.3 is 10.1 Å². The third-order valence-corrected chi connectivity index (χ3v) is 4.40. The van der Waals surface area contributed by atoms with E-state index >= 15 is 0 Å². The zero-order valence-electron chi connectivity index (χ0n) is 10.5. The van der Waals surface area contributed by atoms with Crippen molar-refractivity contribution >= 4 is 27.3 Å². The van der Waals surface area contributed by atoms with Gasteiger partial charge in [-0.3, -0.25) is 4.72 Å². The van der Waals surface area contributed by atoms with E-state index < -0.39 is 15.3 Å². The monoisotopic (exact) mass is 292 g/mol. The van der Waals surface area contributed by atoms with Gasteiger partial charge in [0.2, 0.25) is 10.0 Å². The molecule has 18 heavy (non-hydrogen) atoms. The quantitative estimate of drug-likeness (QED) is 0.837. The summed E-state index contributed by atoms with van der Waals surface area (Å²) in [7, 11) is -0.305. The van der Waals surface area contributed by atoms with Crippen molar-refractivity contribution in [1.29, 1.82) is 0 Å². The number of methoxy groups -OCH3 is 1. The summed E-state index contributed by atoms with van der Waals surface area (Å²) in [5, 5.41) is 2.70. The molecule has 0 aliphatic heterocycles. The smallest absolute Gasteiger partial charge is 0.236 e. The molecule has 0 saturated heterocycles. The summed E-state index contributed by atoms with van der Waals surface area (Å²) >= 11 is 5.84. The number of benzene rings is 1. The van der Waals surface area contributed by atoms with Gasteiger partial charge in [0.05, 0.1) is 18.0 Å². The van der Waals surface area contributed by atoms with Crippen LogP contribution in [0.5, 0.6) is 5.75 Å². The minimum absolute atomic E-state index is 0.341. The first-order chi connectivity index (χ1) is 8.40. The number of sulfonamides is 1. The molecule has 1 unspecified atom stereocenters. The van der Waals surface area contributed by atoms with E-state index in [1.54, 1.807) is 26.1 Å². The highest BCUT2D eigenvalue weighted by atomic mass is 35.5. The van der Waals surface area contributed by atoms with Crippen LogP contribution < -0.4 is 14.8 Å². The molecule has 0 aliphatic rings. The van der Waals surface area contributed by atoms with Crippen molar-refractivity contribution in [2.24, 2.45) is 0 Å². The Bertz CT molecular complexity index is 505. The molecule has 2 N–H and O–H groups in total. The first-order valence-electron chi connectivity index (χ1n) is 5.40. The second-order valence-corrected chi connectivity index (χ2v) is 6.40. The Morgan fingerprint density at radius 1 is 1.44 bits per heavy atom. The predicted molar refractivity (Wildman–Crippen MR) is 73.9 cm³/mol. The molecular formula is C11H17ClN2O3S. The number of ether oxygens (including phenoxy) is 1. The van der Waals surface area contributed by atoms with Gasteiger partial charge in [-0.2, -0.15) is 0 Å². The lowest BCUT2D eigenvalue weighted by molar-refractivity contribution is 0.417. The summed E-state index contributed by atoms with van der Waals surface area (Å²) in [6.07, 6.45) is 0. The molecule has 1 rings (SSSR count). The Kier molecular flexibility index (Phi) is 5.25. The molecule has 0 aliphatic carbocycles. The van der Waals surface area contributed by atoms with Crippen molar-refractivity contribution in [3.05, 3.63) is 23.2 Å². The van der Waals surface area contributed by atoms with E-state index in [4.69, 9.17) is 16.3 Å². The molecule has 0 spiro atoms. The number of nitrogens with one attached hydrogen (secondary N) is 2. The van der Waals surface area contributed by atoms with Crippen LogP contribution in [0.2, 0.25) is 5.02 Å². The first-order valence-corrected chi connectivity index (χ1v) is 7.33. The number of halogens is 1.